The lowest BCUT2D eigenvalue weighted by Crippen LogP contribution is -2.16. The zero-order valence-electron chi connectivity index (χ0n) is 15.8. The Labute approximate surface area is 167 Å². The minimum atomic E-state index is -0.554. The molecule has 0 saturated heterocycles. The number of aromatic nitrogens is 2. The summed E-state index contributed by atoms with van der Waals surface area (Å²) in [6.45, 7) is 0. The van der Waals surface area contributed by atoms with Gasteiger partial charge in [0.05, 0.1) is 23.2 Å². The number of aromatic amines is 1. The molecule has 0 spiro atoms. The lowest BCUT2D eigenvalue weighted by atomic mass is 10.1. The minimum absolute atomic E-state index is 0.0661. The number of benzene rings is 2. The molecule has 0 unspecified atom stereocenters. The van der Waals surface area contributed by atoms with Crippen LogP contribution in [0.5, 0.6) is 0 Å². The molecular weight excluding hydrogens is 366 g/mol. The molecule has 2 N–H and O–H groups in total. The maximum absolute atomic E-state index is 12.2. The van der Waals surface area contributed by atoms with E-state index in [9.17, 15) is 15.3 Å². The van der Waals surface area contributed by atoms with Crippen molar-refractivity contribution in [2.24, 2.45) is 5.10 Å². The van der Waals surface area contributed by atoms with Crippen molar-refractivity contribution in [1.82, 2.24) is 9.97 Å². The molecule has 0 aliphatic rings. The van der Waals surface area contributed by atoms with Gasteiger partial charge >= 0.3 is 0 Å². The van der Waals surface area contributed by atoms with E-state index >= 15 is 0 Å². The molecule has 0 atom stereocenters. The lowest BCUT2D eigenvalue weighted by Gasteiger charge is -2.14. The van der Waals surface area contributed by atoms with Crippen molar-refractivity contribution in [2.75, 3.05) is 24.4 Å². The molecule has 3 rings (SSSR count). The Bertz CT molecular complexity index is 1200. The molecule has 0 fully saturated rings. The Morgan fingerprint density at radius 2 is 1.90 bits per heavy atom. The van der Waals surface area contributed by atoms with Crippen molar-refractivity contribution in [2.45, 2.75) is 0 Å². The van der Waals surface area contributed by atoms with Crippen LogP contribution in [-0.2, 0) is 0 Å². The van der Waals surface area contributed by atoms with E-state index in [0.29, 0.717) is 16.7 Å². The summed E-state index contributed by atoms with van der Waals surface area (Å²) in [7, 11) is 3.73. The molecule has 1 heterocycles. The summed E-state index contributed by atoms with van der Waals surface area (Å²) >= 11 is 0. The Morgan fingerprint density at radius 1 is 1.14 bits per heavy atom. The van der Waals surface area contributed by atoms with Crippen LogP contribution in [-0.4, -0.2) is 30.3 Å². The highest BCUT2D eigenvalue weighted by molar-refractivity contribution is 5.82. The van der Waals surface area contributed by atoms with E-state index in [1.165, 1.54) is 6.21 Å². The van der Waals surface area contributed by atoms with Gasteiger partial charge in [-0.3, -0.25) is 9.78 Å². The predicted octanol–water partition coefficient (Wildman–Crippen LogP) is 2.69. The first-order valence-corrected chi connectivity index (χ1v) is 8.64. The second-order valence-electron chi connectivity index (χ2n) is 6.27. The third kappa shape index (κ3) is 4.29. The Kier molecular flexibility index (Phi) is 5.67. The van der Waals surface area contributed by atoms with E-state index < -0.39 is 5.56 Å². The van der Waals surface area contributed by atoms with Crippen LogP contribution in [0, 0.1) is 22.7 Å². The first-order chi connectivity index (χ1) is 14.0. The number of hydrazone groups is 1. The van der Waals surface area contributed by atoms with E-state index in [0.717, 1.165) is 5.69 Å². The minimum Gasteiger partial charge on any atom is -0.377 e. The number of nitriles is 2. The molecule has 0 amide bonds. The fourth-order valence-corrected chi connectivity index (χ4v) is 2.72. The lowest BCUT2D eigenvalue weighted by molar-refractivity contribution is 1.08. The average Bonchev–Trinajstić information content (AvgIpc) is 2.73. The summed E-state index contributed by atoms with van der Waals surface area (Å²) in [5.74, 6) is 0.106. The van der Waals surface area contributed by atoms with Crippen molar-refractivity contribution in [3.05, 3.63) is 75.6 Å². The number of nitrogens with one attached hydrogen (secondary N) is 2. The summed E-state index contributed by atoms with van der Waals surface area (Å²) in [5.41, 5.74) is 5.02. The van der Waals surface area contributed by atoms with Gasteiger partial charge in [-0.25, -0.2) is 10.4 Å². The third-order valence-corrected chi connectivity index (χ3v) is 4.09. The first-order valence-electron chi connectivity index (χ1n) is 8.64. The second kappa shape index (κ2) is 8.51. The molecule has 0 bridgehead atoms. The summed E-state index contributed by atoms with van der Waals surface area (Å²) in [4.78, 5) is 20.9. The Morgan fingerprint density at radius 3 is 2.55 bits per heavy atom. The van der Waals surface area contributed by atoms with Crippen molar-refractivity contribution in [3.63, 3.8) is 0 Å². The fraction of sp³-hybridized carbons (Fsp3) is 0.0952. The zero-order valence-corrected chi connectivity index (χ0v) is 15.8. The highest BCUT2D eigenvalue weighted by Gasteiger charge is 2.12. The number of nitrogens with zero attached hydrogens (tertiary/aromatic N) is 5. The van der Waals surface area contributed by atoms with Crippen LogP contribution >= 0.6 is 0 Å². The topological polar surface area (TPSA) is 121 Å². The number of H-pyrrole nitrogens is 1. The van der Waals surface area contributed by atoms with Gasteiger partial charge in [0.25, 0.3) is 5.56 Å². The van der Waals surface area contributed by atoms with Gasteiger partial charge in [0.2, 0.25) is 5.95 Å². The molecule has 0 saturated carbocycles. The summed E-state index contributed by atoms with van der Waals surface area (Å²) in [6, 6.07) is 18.4. The molecule has 8 heteroatoms. The fourth-order valence-electron chi connectivity index (χ4n) is 2.72. The molecule has 29 heavy (non-hydrogen) atoms. The van der Waals surface area contributed by atoms with Crippen LogP contribution in [0.4, 0.5) is 11.6 Å². The van der Waals surface area contributed by atoms with Crippen LogP contribution in [0.15, 0.2) is 58.4 Å². The van der Waals surface area contributed by atoms with Gasteiger partial charge in [0.1, 0.15) is 17.7 Å². The van der Waals surface area contributed by atoms with E-state index in [1.807, 2.05) is 43.3 Å². The number of anilines is 2. The first kappa shape index (κ1) is 19.3. The molecule has 3 aromatic rings. The van der Waals surface area contributed by atoms with Gasteiger partial charge < -0.3 is 4.90 Å². The molecule has 0 aliphatic heterocycles. The van der Waals surface area contributed by atoms with Crippen molar-refractivity contribution in [3.8, 4) is 23.4 Å². The van der Waals surface area contributed by atoms with E-state index in [1.54, 1.807) is 30.3 Å². The highest BCUT2D eigenvalue weighted by Crippen LogP contribution is 2.20. The maximum Gasteiger partial charge on any atom is 0.270 e. The van der Waals surface area contributed by atoms with E-state index in [4.69, 9.17) is 0 Å². The van der Waals surface area contributed by atoms with Crippen molar-refractivity contribution >= 4 is 17.9 Å². The zero-order chi connectivity index (χ0) is 20.8. The Balaban J connectivity index is 1.88. The van der Waals surface area contributed by atoms with E-state index in [-0.39, 0.29) is 17.2 Å². The van der Waals surface area contributed by atoms with Crippen molar-refractivity contribution in [1.29, 1.82) is 10.5 Å². The Hall–Kier alpha value is -4.43. The van der Waals surface area contributed by atoms with Crippen LogP contribution in [0.2, 0.25) is 0 Å². The van der Waals surface area contributed by atoms with Gasteiger partial charge in [0.15, 0.2) is 0 Å². The molecule has 8 nitrogen and oxygen atoms in total. The smallest absolute Gasteiger partial charge is 0.270 e. The second-order valence-corrected chi connectivity index (χ2v) is 6.27. The van der Waals surface area contributed by atoms with Gasteiger partial charge in [-0.15, -0.1) is 0 Å². The number of hydrogen-bond acceptors (Lipinski definition) is 7. The van der Waals surface area contributed by atoms with Gasteiger partial charge in [0, 0.05) is 19.7 Å². The summed E-state index contributed by atoms with van der Waals surface area (Å²) in [6.07, 6.45) is 1.51. The molecule has 1 aromatic heterocycles. The number of hydrogen-bond donors (Lipinski definition) is 2. The average molecular weight is 383 g/mol. The number of rotatable bonds is 5. The van der Waals surface area contributed by atoms with Gasteiger partial charge in [-0.05, 0) is 17.7 Å². The van der Waals surface area contributed by atoms with Crippen LogP contribution in [0.3, 0.4) is 0 Å². The highest BCUT2D eigenvalue weighted by atomic mass is 16.1. The molecule has 142 valence electrons. The molecular formula is C21H17N7O. The SMILES string of the molecule is CN(C)c1ccc(C=NNc2nc(-c3ccccc3)c(C#N)c(=O)[nH]2)cc1C#N. The largest absolute Gasteiger partial charge is 0.377 e. The standard InChI is InChI=1S/C21H17N7O/c1-28(2)18-9-8-14(10-16(18)11-22)13-24-27-21-25-19(15-6-4-3-5-7-15)17(12-23)20(29)26-21/h3-10,13H,1-2H3,(H2,25,26,27,29). The summed E-state index contributed by atoms with van der Waals surface area (Å²) in [5, 5.41) is 22.7. The third-order valence-electron chi connectivity index (χ3n) is 4.09. The molecule has 0 aliphatic carbocycles. The normalized spacial score (nSPS) is 10.3. The van der Waals surface area contributed by atoms with Gasteiger partial charge in [-0.2, -0.15) is 15.6 Å². The van der Waals surface area contributed by atoms with Crippen LogP contribution in [0.1, 0.15) is 16.7 Å². The van der Waals surface area contributed by atoms with Crippen molar-refractivity contribution < 1.29 is 0 Å². The monoisotopic (exact) mass is 383 g/mol. The quantitative estimate of drug-likeness (QED) is 0.516. The van der Waals surface area contributed by atoms with Gasteiger partial charge in [-0.1, -0.05) is 36.4 Å². The van der Waals surface area contributed by atoms with Crippen LogP contribution in [0.25, 0.3) is 11.3 Å². The molecule has 0 radical (unpaired) electrons. The molecule has 2 aromatic carbocycles. The van der Waals surface area contributed by atoms with Crippen LogP contribution < -0.4 is 15.9 Å². The summed E-state index contributed by atoms with van der Waals surface area (Å²) < 4.78 is 0. The van der Waals surface area contributed by atoms with E-state index in [2.05, 4.69) is 26.6 Å². The predicted molar refractivity (Wildman–Crippen MR) is 112 cm³/mol. The maximum atomic E-state index is 12.2.